The molecule has 0 spiro atoms. The first-order valence-electron chi connectivity index (χ1n) is 9.46. The van der Waals surface area contributed by atoms with E-state index in [-0.39, 0.29) is 29.9 Å². The van der Waals surface area contributed by atoms with Gasteiger partial charge in [0.05, 0.1) is 17.3 Å². The van der Waals surface area contributed by atoms with Crippen molar-refractivity contribution in [2.75, 3.05) is 19.8 Å². The Kier molecular flexibility index (Phi) is 7.40. The lowest BCUT2D eigenvalue weighted by Gasteiger charge is -2.35. The highest BCUT2D eigenvalue weighted by atomic mass is 32.2. The van der Waals surface area contributed by atoms with Crippen LogP contribution in [0.3, 0.4) is 0 Å². The predicted octanol–water partition coefficient (Wildman–Crippen LogP) is 2.00. The molecule has 28 heavy (non-hydrogen) atoms. The maximum atomic E-state index is 10.7. The number of aliphatic hydroxyl groups is 2. The van der Waals surface area contributed by atoms with Crippen molar-refractivity contribution in [1.82, 2.24) is 19.1 Å². The zero-order valence-corrected chi connectivity index (χ0v) is 19.4. The summed E-state index contributed by atoms with van der Waals surface area (Å²) in [6, 6.07) is 0. The molecule has 1 aliphatic rings. The highest BCUT2D eigenvalue weighted by molar-refractivity contribution is 8.00. The molecule has 0 aliphatic carbocycles. The van der Waals surface area contributed by atoms with Crippen LogP contribution in [0.1, 0.15) is 48.5 Å². The van der Waals surface area contributed by atoms with Gasteiger partial charge < -0.3 is 25.5 Å². The first-order valence-corrected chi connectivity index (χ1v) is 11.1. The minimum Gasteiger partial charge on any atom is -0.472 e. The van der Waals surface area contributed by atoms with Gasteiger partial charge in [-0.15, -0.1) is 4.37 Å². The summed E-state index contributed by atoms with van der Waals surface area (Å²) in [6.45, 7) is 14.3. The lowest BCUT2D eigenvalue weighted by atomic mass is 9.87. The molecular formula is C18H34N4O4S2. The molecule has 2 heterocycles. The summed E-state index contributed by atoms with van der Waals surface area (Å²) in [6.07, 6.45) is -0.668. The topological polar surface area (TPSA) is 111 Å². The molecule has 8 nitrogen and oxygen atoms in total. The second-order valence-corrected chi connectivity index (χ2v) is 11.1. The van der Waals surface area contributed by atoms with Crippen molar-refractivity contribution in [3.05, 3.63) is 0 Å². The average molecular weight is 435 g/mol. The SMILES string of the molecule is CC(C)(C)NC[C@H](O)COc1nsnc1SC1C(CO)C(C)(C)N(O)C1(C)C. The lowest BCUT2D eigenvalue weighted by Crippen LogP contribution is -2.48. The summed E-state index contributed by atoms with van der Waals surface area (Å²) >= 11 is 2.50. The molecule has 10 heteroatoms. The van der Waals surface area contributed by atoms with Crippen molar-refractivity contribution in [2.24, 2.45) is 5.92 Å². The molecule has 0 amide bonds. The van der Waals surface area contributed by atoms with Gasteiger partial charge in [0.1, 0.15) is 12.7 Å². The monoisotopic (exact) mass is 434 g/mol. The molecule has 1 fully saturated rings. The molecule has 1 aromatic heterocycles. The van der Waals surface area contributed by atoms with Gasteiger partial charge in [-0.1, -0.05) is 11.8 Å². The lowest BCUT2D eigenvalue weighted by molar-refractivity contribution is -0.197. The summed E-state index contributed by atoms with van der Waals surface area (Å²) in [5.41, 5.74) is -1.23. The summed E-state index contributed by atoms with van der Waals surface area (Å²) < 4.78 is 14.3. The van der Waals surface area contributed by atoms with Crippen molar-refractivity contribution in [2.45, 2.75) is 81.5 Å². The normalized spacial score (nSPS) is 25.8. The van der Waals surface area contributed by atoms with Gasteiger partial charge in [-0.2, -0.15) is 9.44 Å². The molecule has 4 N–H and O–H groups in total. The number of rotatable bonds is 8. The number of hydroxylamine groups is 2. The van der Waals surface area contributed by atoms with Crippen LogP contribution in [0.15, 0.2) is 5.03 Å². The number of nitrogens with one attached hydrogen (secondary N) is 1. The summed E-state index contributed by atoms with van der Waals surface area (Å²) in [5, 5.41) is 35.8. The van der Waals surface area contributed by atoms with Gasteiger partial charge in [-0.3, -0.25) is 0 Å². The Morgan fingerprint density at radius 1 is 1.25 bits per heavy atom. The first-order chi connectivity index (χ1) is 12.8. The van der Waals surface area contributed by atoms with Crippen LogP contribution in [0, 0.1) is 5.92 Å². The molecule has 1 saturated heterocycles. The third-order valence-corrected chi connectivity index (χ3v) is 7.48. The second-order valence-electron chi connectivity index (χ2n) is 9.42. The van der Waals surface area contributed by atoms with E-state index in [4.69, 9.17) is 4.74 Å². The van der Waals surface area contributed by atoms with Crippen LogP contribution in [0.2, 0.25) is 0 Å². The fourth-order valence-electron chi connectivity index (χ4n) is 3.54. The predicted molar refractivity (Wildman–Crippen MR) is 111 cm³/mol. The van der Waals surface area contributed by atoms with Gasteiger partial charge in [0.2, 0.25) is 0 Å². The Morgan fingerprint density at radius 2 is 1.89 bits per heavy atom. The van der Waals surface area contributed by atoms with E-state index in [0.29, 0.717) is 17.5 Å². The summed E-state index contributed by atoms with van der Waals surface area (Å²) in [7, 11) is 0. The minimum atomic E-state index is -0.668. The molecule has 1 aliphatic heterocycles. The summed E-state index contributed by atoms with van der Waals surface area (Å²) in [4.78, 5) is 0. The molecule has 3 atom stereocenters. The molecule has 0 aromatic carbocycles. The number of aromatic nitrogens is 2. The molecular weight excluding hydrogens is 400 g/mol. The van der Waals surface area contributed by atoms with E-state index in [1.54, 1.807) is 0 Å². The van der Waals surface area contributed by atoms with Crippen LogP contribution in [0.4, 0.5) is 0 Å². The van der Waals surface area contributed by atoms with E-state index >= 15 is 0 Å². The number of β-amino-alcohol motifs (C(OH)–C–C–N with tert-alkyl or cyclic N) is 1. The van der Waals surface area contributed by atoms with Crippen molar-refractivity contribution in [3.8, 4) is 5.88 Å². The minimum absolute atomic E-state index is 0.0455. The van der Waals surface area contributed by atoms with Crippen LogP contribution >= 0.6 is 23.5 Å². The maximum absolute atomic E-state index is 10.7. The van der Waals surface area contributed by atoms with Gasteiger partial charge in [0.25, 0.3) is 5.88 Å². The molecule has 1 aromatic rings. The van der Waals surface area contributed by atoms with E-state index in [0.717, 1.165) is 11.7 Å². The zero-order chi connectivity index (χ0) is 21.3. The Labute approximate surface area is 176 Å². The highest BCUT2D eigenvalue weighted by Crippen LogP contribution is 2.51. The smallest absolute Gasteiger partial charge is 0.260 e. The molecule has 2 unspecified atom stereocenters. The van der Waals surface area contributed by atoms with E-state index in [1.165, 1.54) is 16.8 Å². The number of thioether (sulfide) groups is 1. The number of hydrogen-bond donors (Lipinski definition) is 4. The Morgan fingerprint density at radius 3 is 2.46 bits per heavy atom. The largest absolute Gasteiger partial charge is 0.472 e. The fraction of sp³-hybridized carbons (Fsp3) is 0.889. The van der Waals surface area contributed by atoms with Gasteiger partial charge in [0.15, 0.2) is 5.03 Å². The van der Waals surface area contributed by atoms with Gasteiger partial charge in [-0.05, 0) is 48.5 Å². The third-order valence-electron chi connectivity index (χ3n) is 5.21. The standard InChI is InChI=1S/C18H34N4O4S2/c1-16(2,3)19-8-11(24)10-26-14-15(21-28-20-14)27-13-12(9-23)17(4,5)22(25)18(13,6)7/h11-13,19,23-25H,8-10H2,1-7H3/t11-,12?,13?/m0/s1. The quantitative estimate of drug-likeness (QED) is 0.488. The van der Waals surface area contributed by atoms with Crippen molar-refractivity contribution in [1.29, 1.82) is 0 Å². The van der Waals surface area contributed by atoms with E-state index in [2.05, 4.69) is 14.1 Å². The molecule has 0 bridgehead atoms. The maximum Gasteiger partial charge on any atom is 0.260 e. The third kappa shape index (κ3) is 5.16. The average Bonchev–Trinajstić information content (AvgIpc) is 3.07. The van der Waals surface area contributed by atoms with Crippen LogP contribution in [0.5, 0.6) is 5.88 Å². The van der Waals surface area contributed by atoms with Gasteiger partial charge >= 0.3 is 0 Å². The highest BCUT2D eigenvalue weighted by Gasteiger charge is 2.58. The van der Waals surface area contributed by atoms with Crippen molar-refractivity contribution in [3.63, 3.8) is 0 Å². The Hall–Kier alpha value is -0.490. The number of nitrogens with zero attached hydrogens (tertiary/aromatic N) is 3. The molecule has 0 radical (unpaired) electrons. The van der Waals surface area contributed by atoms with Gasteiger partial charge in [0, 0.05) is 35.4 Å². The Bertz CT molecular complexity index is 648. The van der Waals surface area contributed by atoms with Crippen molar-refractivity contribution >= 4 is 23.5 Å². The second kappa shape index (κ2) is 8.71. The van der Waals surface area contributed by atoms with E-state index in [9.17, 15) is 15.4 Å². The zero-order valence-electron chi connectivity index (χ0n) is 17.8. The number of ether oxygens (including phenoxy) is 1. The molecule has 2 rings (SSSR count). The Balaban J connectivity index is 2.05. The van der Waals surface area contributed by atoms with Crippen molar-refractivity contribution < 1.29 is 20.2 Å². The number of aliphatic hydroxyl groups excluding tert-OH is 2. The van der Waals surface area contributed by atoms with Gasteiger partial charge in [-0.25, -0.2) is 0 Å². The molecule has 0 saturated carbocycles. The summed E-state index contributed by atoms with van der Waals surface area (Å²) in [5.74, 6) is 0.222. The van der Waals surface area contributed by atoms with E-state index < -0.39 is 17.2 Å². The molecule has 162 valence electrons. The number of hydrogen-bond acceptors (Lipinski definition) is 10. The fourth-order valence-corrected chi connectivity index (χ4v) is 5.69. The van der Waals surface area contributed by atoms with E-state index in [1.807, 2.05) is 48.5 Å². The van der Waals surface area contributed by atoms with Crippen LogP contribution in [0.25, 0.3) is 0 Å². The first kappa shape index (κ1) is 23.8. The van der Waals surface area contributed by atoms with Crippen LogP contribution in [-0.4, -0.2) is 77.0 Å². The van der Waals surface area contributed by atoms with Crippen LogP contribution in [-0.2, 0) is 0 Å². The van der Waals surface area contributed by atoms with Crippen LogP contribution < -0.4 is 10.1 Å².